The van der Waals surface area contributed by atoms with Gasteiger partial charge in [-0.2, -0.15) is 10.2 Å². The summed E-state index contributed by atoms with van der Waals surface area (Å²) in [5, 5.41) is 8.13. The Morgan fingerprint density at radius 2 is 1.89 bits per heavy atom. The van der Waals surface area contributed by atoms with E-state index in [1.54, 1.807) is 6.20 Å². The third kappa shape index (κ3) is 2.27. The minimum atomic E-state index is 0.123. The van der Waals surface area contributed by atoms with Crippen LogP contribution >= 0.6 is 0 Å². The molecule has 1 atom stereocenters. The third-order valence-corrected chi connectivity index (χ3v) is 3.66. The van der Waals surface area contributed by atoms with Gasteiger partial charge in [0.25, 0.3) is 0 Å². The molecule has 0 saturated heterocycles. The van der Waals surface area contributed by atoms with Gasteiger partial charge in [0.15, 0.2) is 0 Å². The molecular formula is C15H19N3. The van der Waals surface area contributed by atoms with Gasteiger partial charge in [-0.05, 0) is 55.2 Å². The number of aryl methyl sites for hydroxylation is 1. The molecular weight excluding hydrogens is 222 g/mol. The van der Waals surface area contributed by atoms with Crippen molar-refractivity contribution in [2.24, 2.45) is 5.73 Å². The first-order chi connectivity index (χ1) is 8.65. The number of hydrogen-bond acceptors (Lipinski definition) is 3. The maximum Gasteiger partial charge on any atom is 0.0718 e. The molecule has 1 aromatic heterocycles. The van der Waals surface area contributed by atoms with Crippen LogP contribution in [0.5, 0.6) is 0 Å². The first kappa shape index (κ1) is 12.7. The van der Waals surface area contributed by atoms with Crippen molar-refractivity contribution in [1.29, 1.82) is 0 Å². The molecule has 1 aromatic carbocycles. The summed E-state index contributed by atoms with van der Waals surface area (Å²) in [5.41, 5.74) is 12.1. The fraction of sp³-hybridized carbons (Fsp3) is 0.333. The molecule has 0 spiro atoms. The van der Waals surface area contributed by atoms with E-state index in [0.29, 0.717) is 6.54 Å². The molecule has 0 amide bonds. The number of hydrogen-bond donors (Lipinski definition) is 1. The van der Waals surface area contributed by atoms with Crippen LogP contribution in [0.2, 0.25) is 0 Å². The molecule has 0 aliphatic heterocycles. The summed E-state index contributed by atoms with van der Waals surface area (Å²) in [6.07, 6.45) is 1.68. The van der Waals surface area contributed by atoms with Crippen molar-refractivity contribution in [3.8, 4) is 0 Å². The molecule has 0 saturated carbocycles. The monoisotopic (exact) mass is 241 g/mol. The Morgan fingerprint density at radius 3 is 2.50 bits per heavy atom. The summed E-state index contributed by atoms with van der Waals surface area (Å²) in [5.74, 6) is 0.123. The van der Waals surface area contributed by atoms with Gasteiger partial charge >= 0.3 is 0 Å². The van der Waals surface area contributed by atoms with Crippen LogP contribution in [0.15, 0.2) is 30.5 Å². The Balaban J connectivity index is 2.50. The second kappa shape index (κ2) is 5.27. The Labute approximate surface area is 108 Å². The van der Waals surface area contributed by atoms with Gasteiger partial charge in [0.2, 0.25) is 0 Å². The first-order valence-corrected chi connectivity index (χ1v) is 6.19. The fourth-order valence-corrected chi connectivity index (χ4v) is 2.26. The predicted octanol–water partition coefficient (Wildman–Crippen LogP) is 2.49. The summed E-state index contributed by atoms with van der Waals surface area (Å²) in [7, 11) is 0. The molecule has 0 aliphatic rings. The topological polar surface area (TPSA) is 51.8 Å². The normalized spacial score (nSPS) is 12.4. The molecule has 1 heterocycles. The highest BCUT2D eigenvalue weighted by molar-refractivity contribution is 5.43. The van der Waals surface area contributed by atoms with E-state index in [-0.39, 0.29) is 5.92 Å². The van der Waals surface area contributed by atoms with Crippen molar-refractivity contribution in [2.45, 2.75) is 26.7 Å². The van der Waals surface area contributed by atoms with Crippen LogP contribution in [0.1, 0.15) is 33.9 Å². The molecule has 2 rings (SSSR count). The summed E-state index contributed by atoms with van der Waals surface area (Å²) in [6.45, 7) is 6.98. The zero-order valence-corrected chi connectivity index (χ0v) is 11.1. The maximum atomic E-state index is 5.93. The van der Waals surface area contributed by atoms with E-state index in [1.165, 1.54) is 22.3 Å². The third-order valence-electron chi connectivity index (χ3n) is 3.66. The van der Waals surface area contributed by atoms with Gasteiger partial charge < -0.3 is 5.73 Å². The minimum Gasteiger partial charge on any atom is -0.329 e. The van der Waals surface area contributed by atoms with Crippen LogP contribution < -0.4 is 5.73 Å². The smallest absolute Gasteiger partial charge is 0.0718 e. The zero-order chi connectivity index (χ0) is 13.1. The van der Waals surface area contributed by atoms with Gasteiger partial charge in [-0.1, -0.05) is 12.1 Å². The SMILES string of the molecule is Cc1ccc(C(CN)c2cccnn2)c(C)c1C. The van der Waals surface area contributed by atoms with E-state index >= 15 is 0 Å². The Hall–Kier alpha value is -1.74. The number of nitrogens with zero attached hydrogens (tertiary/aromatic N) is 2. The maximum absolute atomic E-state index is 5.93. The average molecular weight is 241 g/mol. The summed E-state index contributed by atoms with van der Waals surface area (Å²) >= 11 is 0. The van der Waals surface area contributed by atoms with E-state index in [0.717, 1.165) is 5.69 Å². The molecule has 1 unspecified atom stereocenters. The van der Waals surface area contributed by atoms with E-state index in [1.807, 2.05) is 12.1 Å². The van der Waals surface area contributed by atoms with Crippen molar-refractivity contribution in [2.75, 3.05) is 6.54 Å². The van der Waals surface area contributed by atoms with Crippen LogP contribution in [0.25, 0.3) is 0 Å². The van der Waals surface area contributed by atoms with Crippen LogP contribution in [-0.4, -0.2) is 16.7 Å². The fourth-order valence-electron chi connectivity index (χ4n) is 2.26. The predicted molar refractivity (Wildman–Crippen MR) is 73.6 cm³/mol. The Morgan fingerprint density at radius 1 is 1.11 bits per heavy atom. The quantitative estimate of drug-likeness (QED) is 0.898. The lowest BCUT2D eigenvalue weighted by Crippen LogP contribution is -2.17. The number of aromatic nitrogens is 2. The summed E-state index contributed by atoms with van der Waals surface area (Å²) in [6, 6.07) is 8.20. The highest BCUT2D eigenvalue weighted by Gasteiger charge is 2.17. The lowest BCUT2D eigenvalue weighted by Gasteiger charge is -2.19. The lowest BCUT2D eigenvalue weighted by molar-refractivity contribution is 0.754. The van der Waals surface area contributed by atoms with Crippen molar-refractivity contribution < 1.29 is 0 Å². The number of rotatable bonds is 3. The van der Waals surface area contributed by atoms with Crippen molar-refractivity contribution in [3.63, 3.8) is 0 Å². The Bertz CT molecular complexity index is 535. The molecule has 0 radical (unpaired) electrons. The number of benzene rings is 1. The van der Waals surface area contributed by atoms with Crippen molar-refractivity contribution in [3.05, 3.63) is 58.4 Å². The van der Waals surface area contributed by atoms with E-state index in [4.69, 9.17) is 5.73 Å². The molecule has 0 aliphatic carbocycles. The van der Waals surface area contributed by atoms with Crippen LogP contribution in [-0.2, 0) is 0 Å². The molecule has 0 fully saturated rings. The van der Waals surface area contributed by atoms with Gasteiger partial charge in [0.1, 0.15) is 0 Å². The van der Waals surface area contributed by atoms with Gasteiger partial charge in [-0.15, -0.1) is 0 Å². The standard InChI is InChI=1S/C15H19N3/c1-10-6-7-13(12(3)11(10)2)14(9-16)15-5-4-8-17-18-15/h4-8,14H,9,16H2,1-3H3. The van der Waals surface area contributed by atoms with E-state index in [2.05, 4.69) is 43.1 Å². The molecule has 3 heteroatoms. The molecule has 18 heavy (non-hydrogen) atoms. The molecule has 2 aromatic rings. The van der Waals surface area contributed by atoms with Gasteiger partial charge in [0, 0.05) is 18.7 Å². The largest absolute Gasteiger partial charge is 0.329 e. The summed E-state index contributed by atoms with van der Waals surface area (Å²) < 4.78 is 0. The number of nitrogens with two attached hydrogens (primary N) is 1. The molecule has 2 N–H and O–H groups in total. The highest BCUT2D eigenvalue weighted by Crippen LogP contribution is 2.27. The second-order valence-corrected chi connectivity index (χ2v) is 4.66. The van der Waals surface area contributed by atoms with Gasteiger partial charge in [-0.3, -0.25) is 0 Å². The van der Waals surface area contributed by atoms with E-state index in [9.17, 15) is 0 Å². The first-order valence-electron chi connectivity index (χ1n) is 6.19. The molecule has 0 bridgehead atoms. The van der Waals surface area contributed by atoms with E-state index < -0.39 is 0 Å². The van der Waals surface area contributed by atoms with Crippen LogP contribution in [0.4, 0.5) is 0 Å². The highest BCUT2D eigenvalue weighted by atomic mass is 15.1. The Kier molecular flexibility index (Phi) is 3.72. The zero-order valence-electron chi connectivity index (χ0n) is 11.1. The van der Waals surface area contributed by atoms with Crippen LogP contribution in [0, 0.1) is 20.8 Å². The molecule has 3 nitrogen and oxygen atoms in total. The lowest BCUT2D eigenvalue weighted by atomic mass is 9.88. The second-order valence-electron chi connectivity index (χ2n) is 4.66. The van der Waals surface area contributed by atoms with Gasteiger partial charge in [0.05, 0.1) is 5.69 Å². The van der Waals surface area contributed by atoms with Crippen molar-refractivity contribution >= 4 is 0 Å². The average Bonchev–Trinajstić information content (AvgIpc) is 2.41. The summed E-state index contributed by atoms with van der Waals surface area (Å²) in [4.78, 5) is 0. The van der Waals surface area contributed by atoms with Crippen LogP contribution in [0.3, 0.4) is 0 Å². The van der Waals surface area contributed by atoms with Gasteiger partial charge in [-0.25, -0.2) is 0 Å². The van der Waals surface area contributed by atoms with Crippen molar-refractivity contribution in [1.82, 2.24) is 10.2 Å². The molecule has 94 valence electrons. The minimum absolute atomic E-state index is 0.123.